The number of aryl methyl sites for hydroxylation is 2. The Bertz CT molecular complexity index is 1450. The molecular formula is C28H35F3N8O2S. The minimum absolute atomic E-state index is 0.0279. The van der Waals surface area contributed by atoms with Gasteiger partial charge in [0.25, 0.3) is 5.56 Å². The maximum Gasteiger partial charge on any atom is 0.439 e. The number of anilines is 2. The fourth-order valence-electron chi connectivity index (χ4n) is 4.38. The van der Waals surface area contributed by atoms with E-state index in [1.54, 1.807) is 12.3 Å². The molecular weight excluding hydrogens is 569 g/mol. The zero-order valence-corrected chi connectivity index (χ0v) is 24.3. The number of hydrogen-bond acceptors (Lipinski definition) is 9. The number of aromatic nitrogens is 3. The van der Waals surface area contributed by atoms with Gasteiger partial charge in [-0.2, -0.15) is 13.2 Å². The Morgan fingerprint density at radius 3 is 2.67 bits per heavy atom. The summed E-state index contributed by atoms with van der Waals surface area (Å²) in [6.45, 7) is 8.13. The van der Waals surface area contributed by atoms with Crippen LogP contribution in [0.2, 0.25) is 0 Å². The van der Waals surface area contributed by atoms with Crippen LogP contribution in [-0.4, -0.2) is 43.3 Å². The number of thioether (sulfide) groups is 1. The molecule has 0 fully saturated rings. The van der Waals surface area contributed by atoms with Crippen molar-refractivity contribution in [1.82, 2.24) is 19.9 Å². The van der Waals surface area contributed by atoms with Crippen molar-refractivity contribution in [3.63, 3.8) is 0 Å². The maximum absolute atomic E-state index is 13.3. The van der Waals surface area contributed by atoms with Crippen LogP contribution in [0.4, 0.5) is 24.7 Å². The minimum Gasteiger partial charge on any atom is -0.384 e. The average Bonchev–Trinajstić information content (AvgIpc) is 3.36. The molecule has 42 heavy (non-hydrogen) atoms. The molecule has 2 aromatic rings. The highest BCUT2D eigenvalue weighted by atomic mass is 32.2. The number of alkyl halides is 3. The van der Waals surface area contributed by atoms with Crippen molar-refractivity contribution in [2.75, 3.05) is 17.6 Å². The second-order valence-corrected chi connectivity index (χ2v) is 11.1. The summed E-state index contributed by atoms with van der Waals surface area (Å²) >= 11 is 0.0279. The third kappa shape index (κ3) is 8.78. The molecule has 0 radical (unpaired) electrons. The number of hydrogen-bond donors (Lipinski definition) is 5. The van der Waals surface area contributed by atoms with Crippen LogP contribution in [0.15, 0.2) is 41.1 Å². The number of unbranched alkanes of at least 4 members (excludes halogenated alkanes) is 1. The number of fused-ring (bicyclic) bond motifs is 1. The van der Waals surface area contributed by atoms with Crippen LogP contribution in [0.3, 0.4) is 0 Å². The largest absolute Gasteiger partial charge is 0.439 e. The van der Waals surface area contributed by atoms with E-state index in [9.17, 15) is 22.8 Å². The van der Waals surface area contributed by atoms with Crippen LogP contribution < -0.4 is 21.9 Å². The normalized spacial score (nSPS) is 14.8. The Kier molecular flexibility index (Phi) is 11.1. The Morgan fingerprint density at radius 1 is 1.26 bits per heavy atom. The number of carbonyl (C=O) groups is 1. The lowest BCUT2D eigenvalue weighted by Crippen LogP contribution is -2.37. The van der Waals surface area contributed by atoms with Gasteiger partial charge in [-0.3, -0.25) is 25.0 Å². The van der Waals surface area contributed by atoms with Crippen LogP contribution in [0, 0.1) is 17.7 Å². The summed E-state index contributed by atoms with van der Waals surface area (Å²) in [5.41, 5.74) is 8.57. The summed E-state index contributed by atoms with van der Waals surface area (Å²) in [5, 5.41) is 18.6. The van der Waals surface area contributed by atoms with Gasteiger partial charge in [-0.1, -0.05) is 43.3 Å². The second-order valence-electron chi connectivity index (χ2n) is 9.99. The number of carbonyl (C=O) groups excluding carboxylic acids is 1. The topological polar surface area (TPSA) is 163 Å². The number of allylic oxidation sites excluding steroid dienone is 1. The van der Waals surface area contributed by atoms with Gasteiger partial charge in [0.2, 0.25) is 5.91 Å². The van der Waals surface area contributed by atoms with Crippen LogP contribution in [0.1, 0.15) is 68.4 Å². The van der Waals surface area contributed by atoms with E-state index in [0.717, 1.165) is 36.0 Å². The molecule has 1 atom stereocenters. The zero-order valence-electron chi connectivity index (χ0n) is 23.5. The van der Waals surface area contributed by atoms with E-state index in [0.29, 0.717) is 31.0 Å². The Morgan fingerprint density at radius 2 is 2.00 bits per heavy atom. The smallest absolute Gasteiger partial charge is 0.384 e. The van der Waals surface area contributed by atoms with Crippen LogP contribution in [0.5, 0.6) is 0 Å². The molecule has 1 unspecified atom stereocenters. The molecule has 0 aliphatic carbocycles. The third-order valence-electron chi connectivity index (χ3n) is 6.65. The summed E-state index contributed by atoms with van der Waals surface area (Å²) in [6.07, 6.45) is 3.79. The molecule has 1 aliphatic heterocycles. The highest BCUT2D eigenvalue weighted by Crippen LogP contribution is 2.27. The molecule has 0 bridgehead atoms. The molecule has 1 aliphatic rings. The first-order valence-corrected chi connectivity index (χ1v) is 14.3. The average molecular weight is 605 g/mol. The van der Waals surface area contributed by atoms with Crippen LogP contribution >= 0.6 is 11.8 Å². The quantitative estimate of drug-likeness (QED) is 0.161. The monoisotopic (exact) mass is 604 g/mol. The standard InChI is InChI=1S/C28H35F3N8O2S/c1-4-5-6-18(12-19-14-35-22(32)11-16(19)2)13-37-25(40)21-8-10-24-36-15-20(26(41)39(21)24)38-17(3)7-9-23(33)42-27(34)28(29,30)31/h11-12,14-15,21,33-34,38H,3-10,13H2,1-2H3,(H2,32,35)(H,37,40)/b18-12+,33-23?,34-27?. The summed E-state index contributed by atoms with van der Waals surface area (Å²) in [7, 11) is 0. The first-order valence-electron chi connectivity index (χ1n) is 13.5. The Labute approximate surface area is 246 Å². The number of nitrogen functional groups attached to an aromatic ring is 1. The van der Waals surface area contributed by atoms with Gasteiger partial charge in [-0.05, 0) is 49.8 Å². The molecule has 0 aromatic carbocycles. The lowest BCUT2D eigenvalue weighted by Gasteiger charge is -2.17. The Balaban J connectivity index is 1.66. The lowest BCUT2D eigenvalue weighted by atomic mass is 10.0. The third-order valence-corrected chi connectivity index (χ3v) is 7.53. The molecule has 1 amide bonds. The van der Waals surface area contributed by atoms with Gasteiger partial charge in [0.15, 0.2) is 5.04 Å². The van der Waals surface area contributed by atoms with Crippen molar-refractivity contribution < 1.29 is 18.0 Å². The molecule has 3 heterocycles. The first-order chi connectivity index (χ1) is 19.8. The Hall–Kier alpha value is -3.94. The van der Waals surface area contributed by atoms with E-state index in [-0.39, 0.29) is 46.9 Å². The number of rotatable bonds is 12. The highest BCUT2D eigenvalue weighted by molar-refractivity contribution is 8.26. The fourth-order valence-corrected chi connectivity index (χ4v) is 4.95. The number of amides is 1. The van der Waals surface area contributed by atoms with Gasteiger partial charge in [-0.15, -0.1) is 0 Å². The minimum atomic E-state index is -4.80. The van der Waals surface area contributed by atoms with E-state index >= 15 is 0 Å². The summed E-state index contributed by atoms with van der Waals surface area (Å²) < 4.78 is 39.0. The lowest BCUT2D eigenvalue weighted by molar-refractivity contribution is -0.124. The summed E-state index contributed by atoms with van der Waals surface area (Å²) in [4.78, 5) is 35.0. The van der Waals surface area contributed by atoms with E-state index in [1.807, 2.05) is 13.0 Å². The van der Waals surface area contributed by atoms with Gasteiger partial charge < -0.3 is 16.4 Å². The number of nitrogens with zero attached hydrogens (tertiary/aromatic N) is 3. The van der Waals surface area contributed by atoms with E-state index in [1.165, 1.54) is 10.8 Å². The molecule has 0 saturated carbocycles. The fraction of sp³-hybridized carbons (Fsp3) is 0.429. The van der Waals surface area contributed by atoms with Crippen LogP contribution in [0.25, 0.3) is 6.08 Å². The molecule has 0 saturated heterocycles. The summed E-state index contributed by atoms with van der Waals surface area (Å²) in [6, 6.07) is 1.04. The molecule has 6 N–H and O–H groups in total. The van der Waals surface area contributed by atoms with E-state index in [2.05, 4.69) is 34.1 Å². The molecule has 226 valence electrons. The van der Waals surface area contributed by atoms with Crippen molar-refractivity contribution in [3.8, 4) is 0 Å². The molecule has 10 nitrogen and oxygen atoms in total. The van der Waals surface area contributed by atoms with Crippen molar-refractivity contribution in [1.29, 1.82) is 10.8 Å². The highest BCUT2D eigenvalue weighted by Gasteiger charge is 2.35. The zero-order chi connectivity index (χ0) is 31.0. The molecule has 14 heteroatoms. The van der Waals surface area contributed by atoms with E-state index < -0.39 is 22.8 Å². The predicted molar refractivity (Wildman–Crippen MR) is 161 cm³/mol. The van der Waals surface area contributed by atoms with Crippen molar-refractivity contribution >= 4 is 45.3 Å². The van der Waals surface area contributed by atoms with Gasteiger partial charge in [0.1, 0.15) is 23.4 Å². The SMILES string of the molecule is C=C(CCC(=N)SC(=N)C(F)(F)F)Nc1cnc2n(c1=O)C(C(=O)NC/C(=C/c1cnc(N)cc1C)CCCC)CC2. The second kappa shape index (κ2) is 14.3. The molecule has 3 rings (SSSR count). The first kappa shape index (κ1) is 32.6. The van der Waals surface area contributed by atoms with Gasteiger partial charge in [0, 0.05) is 31.3 Å². The van der Waals surface area contributed by atoms with E-state index in [4.69, 9.17) is 16.6 Å². The number of halogens is 3. The summed E-state index contributed by atoms with van der Waals surface area (Å²) in [5.74, 6) is 0.608. The number of pyridine rings is 1. The van der Waals surface area contributed by atoms with Crippen molar-refractivity contribution in [2.45, 2.75) is 71.0 Å². The van der Waals surface area contributed by atoms with Gasteiger partial charge >= 0.3 is 6.18 Å². The van der Waals surface area contributed by atoms with Crippen molar-refractivity contribution in [3.05, 3.63) is 63.6 Å². The van der Waals surface area contributed by atoms with Gasteiger partial charge in [0.05, 0.1) is 11.2 Å². The number of nitrogens with one attached hydrogen (secondary N) is 4. The molecule has 2 aromatic heterocycles. The van der Waals surface area contributed by atoms with Gasteiger partial charge in [-0.25, -0.2) is 9.97 Å². The predicted octanol–water partition coefficient (Wildman–Crippen LogP) is 5.36. The van der Waals surface area contributed by atoms with Crippen LogP contribution in [-0.2, 0) is 11.2 Å². The maximum atomic E-state index is 13.3. The number of nitrogens with two attached hydrogens (primary N) is 1. The molecule has 0 spiro atoms. The van der Waals surface area contributed by atoms with Crippen molar-refractivity contribution in [2.24, 2.45) is 0 Å².